The lowest BCUT2D eigenvalue weighted by molar-refractivity contribution is -0.124. The molecule has 7 nitrogen and oxygen atoms in total. The van der Waals surface area contributed by atoms with Gasteiger partial charge in [-0.05, 0) is 38.0 Å². The number of hydrogen-bond donors (Lipinski definition) is 3. The van der Waals surface area contributed by atoms with E-state index < -0.39 is 5.54 Å². The summed E-state index contributed by atoms with van der Waals surface area (Å²) < 4.78 is 7.54. The largest absolute Gasteiger partial charge is 0.377 e. The molecule has 3 atom stereocenters. The monoisotopic (exact) mass is 381 g/mol. The van der Waals surface area contributed by atoms with Gasteiger partial charge >= 0.3 is 0 Å². The van der Waals surface area contributed by atoms with Crippen LogP contribution in [-0.2, 0) is 15.1 Å². The van der Waals surface area contributed by atoms with Crippen molar-refractivity contribution in [2.45, 2.75) is 31.3 Å². The molecule has 2 aromatic rings. The van der Waals surface area contributed by atoms with Crippen LogP contribution >= 0.6 is 0 Å². The van der Waals surface area contributed by atoms with Crippen molar-refractivity contribution < 1.29 is 9.53 Å². The highest BCUT2D eigenvalue weighted by atomic mass is 16.5. The van der Waals surface area contributed by atoms with Crippen molar-refractivity contribution in [3.05, 3.63) is 42.0 Å². The third kappa shape index (κ3) is 2.61. The number of imidazole rings is 1. The molecule has 0 radical (unpaired) electrons. The average Bonchev–Trinajstić information content (AvgIpc) is 2.98. The van der Waals surface area contributed by atoms with Crippen LogP contribution in [0.5, 0.6) is 0 Å². The van der Waals surface area contributed by atoms with Crippen molar-refractivity contribution in [3.63, 3.8) is 0 Å². The number of piperidine rings is 1. The van der Waals surface area contributed by atoms with Crippen LogP contribution in [0, 0.1) is 11.8 Å². The number of amides is 1. The maximum Gasteiger partial charge on any atom is 0.226 e. The zero-order valence-electron chi connectivity index (χ0n) is 16.4. The Morgan fingerprint density at radius 1 is 1.46 bits per heavy atom. The normalized spacial score (nSPS) is 29.5. The van der Waals surface area contributed by atoms with Crippen LogP contribution in [0.4, 0.5) is 0 Å². The third-order valence-corrected chi connectivity index (χ3v) is 6.45. The van der Waals surface area contributed by atoms with Gasteiger partial charge in [0.15, 0.2) is 0 Å². The second kappa shape index (κ2) is 6.14. The highest BCUT2D eigenvalue weighted by Gasteiger charge is 2.68. The summed E-state index contributed by atoms with van der Waals surface area (Å²) in [6.45, 7) is 6.88. The number of nitrogens with two attached hydrogens (primary N) is 1. The first kappa shape index (κ1) is 17.8. The number of carbonyl (C=O) groups excluding carboxylic acids is 1. The van der Waals surface area contributed by atoms with E-state index >= 15 is 0 Å². The fourth-order valence-corrected chi connectivity index (χ4v) is 4.86. The summed E-state index contributed by atoms with van der Waals surface area (Å²) in [4.78, 5) is 18.0. The second-order valence-electron chi connectivity index (χ2n) is 8.74. The Bertz CT molecular complexity index is 978. The number of hydrogen-bond acceptors (Lipinski definition) is 5. The number of fused-ring (bicyclic) bond motifs is 2. The molecular formula is C21H27N5O2. The Morgan fingerprint density at radius 3 is 3.04 bits per heavy atom. The Morgan fingerprint density at radius 2 is 2.32 bits per heavy atom. The summed E-state index contributed by atoms with van der Waals surface area (Å²) in [5, 5.41) is 6.49. The fourth-order valence-electron chi connectivity index (χ4n) is 4.86. The molecule has 2 aliphatic heterocycles. The van der Waals surface area contributed by atoms with Gasteiger partial charge in [-0.3, -0.25) is 4.79 Å². The number of pyridine rings is 1. The van der Waals surface area contributed by atoms with Crippen LogP contribution in [0.3, 0.4) is 0 Å². The van der Waals surface area contributed by atoms with E-state index in [4.69, 9.17) is 15.5 Å². The molecule has 28 heavy (non-hydrogen) atoms. The van der Waals surface area contributed by atoms with Crippen molar-refractivity contribution in [2.24, 2.45) is 17.6 Å². The highest BCUT2D eigenvalue weighted by Crippen LogP contribution is 2.51. The van der Waals surface area contributed by atoms with Gasteiger partial charge in [0.25, 0.3) is 0 Å². The average molecular weight is 381 g/mol. The van der Waals surface area contributed by atoms with Gasteiger partial charge in [-0.1, -0.05) is 12.1 Å². The molecule has 5 rings (SSSR count). The van der Waals surface area contributed by atoms with Gasteiger partial charge in [0.1, 0.15) is 5.82 Å². The van der Waals surface area contributed by atoms with Gasteiger partial charge in [-0.2, -0.15) is 0 Å². The van der Waals surface area contributed by atoms with Crippen LogP contribution in [0.1, 0.15) is 31.8 Å². The minimum Gasteiger partial charge on any atom is -0.377 e. The molecule has 1 saturated heterocycles. The number of rotatable bonds is 4. The highest BCUT2D eigenvalue weighted by molar-refractivity contribution is 5.86. The summed E-state index contributed by atoms with van der Waals surface area (Å²) in [7, 11) is 0. The Balaban J connectivity index is 1.48. The molecule has 0 bridgehead atoms. The van der Waals surface area contributed by atoms with Gasteiger partial charge < -0.3 is 25.5 Å². The van der Waals surface area contributed by atoms with E-state index in [0.29, 0.717) is 19.8 Å². The SMILES string of the molecule is CC(C)(NC(=O)[C@@H]1C2CNC[C@]21N)c1nc(C2=CCOCC2)c2ccccn12. The minimum atomic E-state index is -0.619. The van der Waals surface area contributed by atoms with Gasteiger partial charge in [0.05, 0.1) is 35.9 Å². The van der Waals surface area contributed by atoms with E-state index in [-0.39, 0.29) is 23.3 Å². The number of nitrogens with zero attached hydrogens (tertiary/aromatic N) is 2. The molecule has 2 fully saturated rings. The van der Waals surface area contributed by atoms with Crippen molar-refractivity contribution in [1.29, 1.82) is 0 Å². The number of aromatic nitrogens is 2. The van der Waals surface area contributed by atoms with Gasteiger partial charge in [-0.15, -0.1) is 0 Å². The maximum atomic E-state index is 13.0. The number of nitrogens with one attached hydrogen (secondary N) is 2. The molecule has 3 aliphatic rings. The van der Waals surface area contributed by atoms with E-state index in [0.717, 1.165) is 30.0 Å². The Labute approximate surface area is 164 Å². The zero-order valence-corrected chi connectivity index (χ0v) is 16.4. The van der Waals surface area contributed by atoms with E-state index in [2.05, 4.69) is 27.2 Å². The molecule has 1 amide bonds. The molecule has 4 heterocycles. The lowest BCUT2D eigenvalue weighted by atomic mass is 10.0. The van der Waals surface area contributed by atoms with E-state index in [9.17, 15) is 4.79 Å². The summed E-state index contributed by atoms with van der Waals surface area (Å²) in [5.41, 5.74) is 8.61. The quantitative estimate of drug-likeness (QED) is 0.736. The molecule has 2 aromatic heterocycles. The van der Waals surface area contributed by atoms with Crippen molar-refractivity contribution in [2.75, 3.05) is 26.3 Å². The van der Waals surface area contributed by atoms with Gasteiger partial charge in [0, 0.05) is 30.7 Å². The molecule has 1 saturated carbocycles. The maximum absolute atomic E-state index is 13.0. The van der Waals surface area contributed by atoms with E-state index in [1.165, 1.54) is 5.57 Å². The van der Waals surface area contributed by atoms with Crippen molar-refractivity contribution in [3.8, 4) is 0 Å². The topological polar surface area (TPSA) is 93.7 Å². The van der Waals surface area contributed by atoms with Crippen LogP contribution in [0.15, 0.2) is 30.5 Å². The fraction of sp³-hybridized carbons (Fsp3) is 0.524. The first-order valence-electron chi connectivity index (χ1n) is 9.98. The number of ether oxygens (including phenoxy) is 1. The van der Waals surface area contributed by atoms with Crippen LogP contribution in [0.25, 0.3) is 11.1 Å². The molecule has 148 valence electrons. The Kier molecular flexibility index (Phi) is 3.91. The van der Waals surface area contributed by atoms with Crippen LogP contribution in [-0.4, -0.2) is 47.1 Å². The van der Waals surface area contributed by atoms with Crippen LogP contribution in [0.2, 0.25) is 0 Å². The summed E-state index contributed by atoms with van der Waals surface area (Å²) in [5.74, 6) is 0.979. The van der Waals surface area contributed by atoms with Crippen LogP contribution < -0.4 is 16.4 Å². The third-order valence-electron chi connectivity index (χ3n) is 6.45. The summed E-state index contributed by atoms with van der Waals surface area (Å²) in [6, 6.07) is 6.09. The molecule has 1 unspecified atom stereocenters. The van der Waals surface area contributed by atoms with Gasteiger partial charge in [-0.25, -0.2) is 4.98 Å². The first-order chi connectivity index (χ1) is 13.4. The predicted molar refractivity (Wildman–Crippen MR) is 107 cm³/mol. The molecule has 4 N–H and O–H groups in total. The predicted octanol–water partition coefficient (Wildman–Crippen LogP) is 1.04. The van der Waals surface area contributed by atoms with Crippen molar-refractivity contribution in [1.82, 2.24) is 20.0 Å². The Hall–Kier alpha value is -2.22. The summed E-state index contributed by atoms with van der Waals surface area (Å²) in [6.07, 6.45) is 4.96. The lowest BCUT2D eigenvalue weighted by Gasteiger charge is -2.26. The van der Waals surface area contributed by atoms with Gasteiger partial charge in [0.2, 0.25) is 5.91 Å². The standard InChI is InChI=1S/C21H27N5O2/c1-20(2,25-18(27)16-14-11-23-12-21(14,16)22)19-24-17(13-6-9-28-10-7-13)15-5-3-4-8-26(15)19/h3-6,8,14,16,23H,7,9-12,22H2,1-2H3,(H,25,27)/t14?,16-,21-/m0/s1. The first-order valence-corrected chi connectivity index (χ1v) is 9.98. The molecule has 0 spiro atoms. The number of carbonyl (C=O) groups is 1. The van der Waals surface area contributed by atoms with E-state index in [1.807, 2.05) is 32.2 Å². The summed E-state index contributed by atoms with van der Waals surface area (Å²) >= 11 is 0. The second-order valence-corrected chi connectivity index (χ2v) is 8.74. The molecule has 0 aromatic carbocycles. The minimum absolute atomic E-state index is 0.0264. The van der Waals surface area contributed by atoms with E-state index in [1.54, 1.807) is 0 Å². The molecule has 7 heteroatoms. The molecular weight excluding hydrogens is 354 g/mol. The lowest BCUT2D eigenvalue weighted by Crippen LogP contribution is -2.46. The smallest absolute Gasteiger partial charge is 0.226 e. The zero-order chi connectivity index (χ0) is 19.5. The van der Waals surface area contributed by atoms with Crippen molar-refractivity contribution >= 4 is 17.0 Å². The molecule has 1 aliphatic carbocycles.